The third kappa shape index (κ3) is 7.78. The zero-order chi connectivity index (χ0) is 27.0. The molecule has 2 fully saturated rings. The lowest BCUT2D eigenvalue weighted by Gasteiger charge is -2.32. The van der Waals surface area contributed by atoms with E-state index in [2.05, 4.69) is 6.92 Å². The summed E-state index contributed by atoms with van der Waals surface area (Å²) in [4.78, 5) is 0. The fourth-order valence-corrected chi connectivity index (χ4v) is 6.55. The standard InChI is InChI=1S/C33H42F3NO/c1-2-3-4-5-24-6-8-25(9-7-24)10-11-26-12-14-27(15-13-26)28-17-20-31(21-18-28)38-33(35,36)30-19-16-29(23-37)32(34)22-30/h16-22,24-27H,2-15H2,1H3. The summed E-state index contributed by atoms with van der Waals surface area (Å²) in [7, 11) is 0. The summed E-state index contributed by atoms with van der Waals surface area (Å²) in [6, 6.07) is 11.3. The van der Waals surface area contributed by atoms with Gasteiger partial charge in [-0.05, 0) is 85.3 Å². The van der Waals surface area contributed by atoms with Gasteiger partial charge < -0.3 is 4.74 Å². The average Bonchev–Trinajstić information content (AvgIpc) is 2.93. The lowest BCUT2D eigenvalue weighted by Crippen LogP contribution is -2.22. The summed E-state index contributed by atoms with van der Waals surface area (Å²) in [5.41, 5.74) is 0.283. The molecule has 0 radical (unpaired) electrons. The van der Waals surface area contributed by atoms with E-state index in [0.717, 1.165) is 42.7 Å². The van der Waals surface area contributed by atoms with Gasteiger partial charge in [-0.15, -0.1) is 0 Å². The fraction of sp³-hybridized carbons (Fsp3) is 0.606. The second kappa shape index (κ2) is 13.5. The largest absolute Gasteiger partial charge is 0.429 e. The fourth-order valence-electron chi connectivity index (χ4n) is 6.55. The molecular formula is C33H42F3NO. The minimum atomic E-state index is -3.69. The van der Waals surface area contributed by atoms with Crippen molar-refractivity contribution >= 4 is 0 Å². The topological polar surface area (TPSA) is 33.0 Å². The maximum Gasteiger partial charge on any atom is 0.426 e. The molecule has 206 valence electrons. The number of hydrogen-bond donors (Lipinski definition) is 0. The van der Waals surface area contributed by atoms with E-state index in [1.54, 1.807) is 18.2 Å². The molecule has 0 spiro atoms. The average molecular weight is 526 g/mol. The lowest BCUT2D eigenvalue weighted by atomic mass is 9.74. The van der Waals surface area contributed by atoms with E-state index in [4.69, 9.17) is 10.00 Å². The van der Waals surface area contributed by atoms with Gasteiger partial charge in [-0.2, -0.15) is 14.0 Å². The summed E-state index contributed by atoms with van der Waals surface area (Å²) in [5.74, 6) is 2.26. The zero-order valence-electron chi connectivity index (χ0n) is 22.7. The van der Waals surface area contributed by atoms with Gasteiger partial charge in [0.05, 0.1) is 11.1 Å². The van der Waals surface area contributed by atoms with Gasteiger partial charge in [-0.25, -0.2) is 4.39 Å². The highest BCUT2D eigenvalue weighted by Crippen LogP contribution is 2.41. The van der Waals surface area contributed by atoms with Crippen LogP contribution in [0, 0.1) is 34.9 Å². The summed E-state index contributed by atoms with van der Waals surface area (Å²) in [5, 5.41) is 8.80. The molecule has 0 aromatic heterocycles. The number of rotatable bonds is 11. The van der Waals surface area contributed by atoms with Crippen LogP contribution in [0.3, 0.4) is 0 Å². The molecule has 2 nitrogen and oxygen atoms in total. The Kier molecular flexibility index (Phi) is 10.2. The van der Waals surface area contributed by atoms with Crippen molar-refractivity contribution in [1.82, 2.24) is 0 Å². The highest BCUT2D eigenvalue weighted by molar-refractivity contribution is 5.35. The van der Waals surface area contributed by atoms with E-state index in [1.165, 1.54) is 82.6 Å². The van der Waals surface area contributed by atoms with Crippen LogP contribution in [-0.2, 0) is 6.11 Å². The van der Waals surface area contributed by atoms with Crippen LogP contribution in [0.1, 0.15) is 119 Å². The normalized spacial score (nSPS) is 24.1. The number of nitriles is 1. The predicted octanol–water partition coefficient (Wildman–Crippen LogP) is 10.3. The van der Waals surface area contributed by atoms with Gasteiger partial charge in [0.1, 0.15) is 17.6 Å². The van der Waals surface area contributed by atoms with E-state index >= 15 is 0 Å². The van der Waals surface area contributed by atoms with Crippen LogP contribution in [0.15, 0.2) is 42.5 Å². The number of hydrogen-bond acceptors (Lipinski definition) is 2. The molecule has 0 aliphatic heterocycles. The highest BCUT2D eigenvalue weighted by atomic mass is 19.3. The molecule has 0 N–H and O–H groups in total. The Morgan fingerprint density at radius 2 is 1.39 bits per heavy atom. The van der Waals surface area contributed by atoms with Crippen LogP contribution in [-0.4, -0.2) is 0 Å². The van der Waals surface area contributed by atoms with Crippen LogP contribution in [0.5, 0.6) is 5.75 Å². The van der Waals surface area contributed by atoms with E-state index < -0.39 is 17.5 Å². The van der Waals surface area contributed by atoms with Gasteiger partial charge in [-0.1, -0.05) is 83.3 Å². The third-order valence-corrected chi connectivity index (χ3v) is 9.04. The van der Waals surface area contributed by atoms with Crippen molar-refractivity contribution < 1.29 is 17.9 Å². The molecule has 2 aliphatic rings. The minimum absolute atomic E-state index is 0.0392. The van der Waals surface area contributed by atoms with Crippen molar-refractivity contribution in [3.8, 4) is 11.8 Å². The minimum Gasteiger partial charge on any atom is -0.429 e. The predicted molar refractivity (Wildman–Crippen MR) is 146 cm³/mol. The molecule has 0 atom stereocenters. The number of halogens is 3. The number of alkyl halides is 2. The monoisotopic (exact) mass is 525 g/mol. The first kappa shape index (κ1) is 28.5. The van der Waals surface area contributed by atoms with Crippen molar-refractivity contribution in [2.75, 3.05) is 0 Å². The van der Waals surface area contributed by atoms with Crippen molar-refractivity contribution in [3.63, 3.8) is 0 Å². The molecule has 0 heterocycles. The Morgan fingerprint density at radius 3 is 1.95 bits per heavy atom. The Balaban J connectivity index is 1.19. The number of benzene rings is 2. The van der Waals surface area contributed by atoms with Gasteiger partial charge in [0.15, 0.2) is 0 Å². The van der Waals surface area contributed by atoms with E-state index in [0.29, 0.717) is 12.0 Å². The summed E-state index contributed by atoms with van der Waals surface area (Å²) < 4.78 is 47.9. The maximum atomic E-state index is 14.6. The van der Waals surface area contributed by atoms with Crippen LogP contribution in [0.2, 0.25) is 0 Å². The van der Waals surface area contributed by atoms with Crippen molar-refractivity contribution in [2.45, 2.75) is 109 Å². The van der Waals surface area contributed by atoms with E-state index in [-0.39, 0.29) is 11.3 Å². The Bertz CT molecular complexity index is 1040. The summed E-state index contributed by atoms with van der Waals surface area (Å²) >= 11 is 0. The summed E-state index contributed by atoms with van der Waals surface area (Å²) in [6.45, 7) is 2.28. The van der Waals surface area contributed by atoms with Gasteiger partial charge in [0.25, 0.3) is 0 Å². The molecule has 2 aliphatic carbocycles. The van der Waals surface area contributed by atoms with Crippen molar-refractivity contribution in [1.29, 1.82) is 5.26 Å². The first-order chi connectivity index (χ1) is 18.4. The highest BCUT2D eigenvalue weighted by Gasteiger charge is 2.35. The maximum absolute atomic E-state index is 14.6. The molecule has 38 heavy (non-hydrogen) atoms. The van der Waals surface area contributed by atoms with Crippen LogP contribution in [0.4, 0.5) is 13.2 Å². The number of unbranched alkanes of at least 4 members (excludes halogenated alkanes) is 2. The van der Waals surface area contributed by atoms with Gasteiger partial charge >= 0.3 is 6.11 Å². The molecule has 0 bridgehead atoms. The molecule has 0 unspecified atom stereocenters. The molecule has 0 amide bonds. The van der Waals surface area contributed by atoms with Gasteiger partial charge in [0, 0.05) is 0 Å². The van der Waals surface area contributed by atoms with Crippen molar-refractivity contribution in [2.24, 2.45) is 17.8 Å². The molecule has 4 rings (SSSR count). The van der Waals surface area contributed by atoms with Crippen LogP contribution in [0.25, 0.3) is 0 Å². The molecule has 2 aromatic carbocycles. The SMILES string of the molecule is CCCCCC1CCC(CCC2CCC(c3ccc(OC(F)(F)c4ccc(C#N)c(F)c4)cc3)CC2)CC1. The van der Waals surface area contributed by atoms with E-state index in [9.17, 15) is 13.2 Å². The molecule has 5 heteroatoms. The lowest BCUT2D eigenvalue weighted by molar-refractivity contribution is -0.185. The number of nitrogens with zero attached hydrogens (tertiary/aromatic N) is 1. The second-order valence-corrected chi connectivity index (χ2v) is 11.7. The second-order valence-electron chi connectivity index (χ2n) is 11.7. The summed E-state index contributed by atoms with van der Waals surface area (Å²) in [6.07, 6.45) is 15.2. The first-order valence-electron chi connectivity index (χ1n) is 14.7. The first-order valence-corrected chi connectivity index (χ1v) is 14.7. The Labute approximate surface area is 226 Å². The van der Waals surface area contributed by atoms with E-state index in [1.807, 2.05) is 12.1 Å². The van der Waals surface area contributed by atoms with Gasteiger partial charge in [-0.3, -0.25) is 0 Å². The molecular weight excluding hydrogens is 483 g/mol. The van der Waals surface area contributed by atoms with Crippen LogP contribution < -0.4 is 4.74 Å². The Hall–Kier alpha value is -2.48. The van der Waals surface area contributed by atoms with Crippen LogP contribution >= 0.6 is 0 Å². The smallest absolute Gasteiger partial charge is 0.426 e. The van der Waals surface area contributed by atoms with Gasteiger partial charge in [0.2, 0.25) is 0 Å². The number of ether oxygens (including phenoxy) is 1. The quantitative estimate of drug-likeness (QED) is 0.273. The third-order valence-electron chi connectivity index (χ3n) is 9.04. The molecule has 0 saturated heterocycles. The molecule has 2 saturated carbocycles. The van der Waals surface area contributed by atoms with Crippen molar-refractivity contribution in [3.05, 3.63) is 65.0 Å². The molecule has 2 aromatic rings. The Morgan fingerprint density at radius 1 is 0.816 bits per heavy atom. The zero-order valence-corrected chi connectivity index (χ0v) is 22.7.